The number of benzene rings is 1. The van der Waals surface area contributed by atoms with Crippen molar-refractivity contribution in [3.8, 4) is 0 Å². The molecule has 0 spiro atoms. The maximum Gasteiger partial charge on any atom is 0.339 e. The number of esters is 1. The van der Waals surface area contributed by atoms with Gasteiger partial charge < -0.3 is 15.0 Å². The molecule has 6 nitrogen and oxygen atoms in total. The van der Waals surface area contributed by atoms with E-state index in [0.717, 1.165) is 11.0 Å². The SMILES string of the molecule is CN(CC(=O)NC(C)(C)C)C(=O)COC(=O)c1cc(F)ccc1Br. The van der Waals surface area contributed by atoms with E-state index in [2.05, 4.69) is 21.2 Å². The van der Waals surface area contributed by atoms with Gasteiger partial charge in [-0.15, -0.1) is 0 Å². The third-order valence-electron chi connectivity index (χ3n) is 2.80. The molecule has 0 fully saturated rings. The van der Waals surface area contributed by atoms with Crippen LogP contribution in [0.25, 0.3) is 0 Å². The predicted molar refractivity (Wildman–Crippen MR) is 89.9 cm³/mol. The van der Waals surface area contributed by atoms with E-state index in [1.165, 1.54) is 19.2 Å². The molecule has 132 valence electrons. The number of likely N-dealkylation sites (N-methyl/N-ethyl adjacent to an activating group) is 1. The molecule has 0 atom stereocenters. The zero-order chi connectivity index (χ0) is 18.5. The Morgan fingerprint density at radius 2 is 1.92 bits per heavy atom. The number of amides is 2. The molecule has 1 aromatic rings. The smallest absolute Gasteiger partial charge is 0.339 e. The summed E-state index contributed by atoms with van der Waals surface area (Å²) in [5, 5.41) is 2.72. The highest BCUT2D eigenvalue weighted by Gasteiger charge is 2.20. The number of hydrogen-bond acceptors (Lipinski definition) is 4. The van der Waals surface area contributed by atoms with Crippen molar-refractivity contribution < 1.29 is 23.5 Å². The fourth-order valence-electron chi connectivity index (χ4n) is 1.73. The second kappa shape index (κ2) is 8.23. The Morgan fingerprint density at radius 1 is 1.29 bits per heavy atom. The summed E-state index contributed by atoms with van der Waals surface area (Å²) in [6.07, 6.45) is 0. The Kier molecular flexibility index (Phi) is 6.89. The fraction of sp³-hybridized carbons (Fsp3) is 0.438. The van der Waals surface area contributed by atoms with Gasteiger partial charge in [-0.1, -0.05) is 0 Å². The summed E-state index contributed by atoms with van der Waals surface area (Å²) in [4.78, 5) is 36.7. The van der Waals surface area contributed by atoms with E-state index in [0.29, 0.717) is 4.47 Å². The van der Waals surface area contributed by atoms with Crippen molar-refractivity contribution in [1.29, 1.82) is 0 Å². The van der Waals surface area contributed by atoms with Crippen LogP contribution in [0.2, 0.25) is 0 Å². The molecule has 24 heavy (non-hydrogen) atoms. The Morgan fingerprint density at radius 3 is 2.50 bits per heavy atom. The number of nitrogens with one attached hydrogen (secondary N) is 1. The van der Waals surface area contributed by atoms with Gasteiger partial charge in [0.05, 0.1) is 12.1 Å². The van der Waals surface area contributed by atoms with Crippen molar-refractivity contribution in [3.63, 3.8) is 0 Å². The van der Waals surface area contributed by atoms with Crippen molar-refractivity contribution >= 4 is 33.7 Å². The van der Waals surface area contributed by atoms with E-state index >= 15 is 0 Å². The average molecular weight is 403 g/mol. The Bertz CT molecular complexity index is 643. The standard InChI is InChI=1S/C16H20BrFN2O4/c1-16(2,3)19-13(21)8-20(4)14(22)9-24-15(23)11-7-10(18)5-6-12(11)17/h5-7H,8-9H2,1-4H3,(H,19,21). The van der Waals surface area contributed by atoms with E-state index < -0.39 is 29.8 Å². The molecular weight excluding hydrogens is 383 g/mol. The molecule has 0 saturated heterocycles. The third kappa shape index (κ3) is 6.66. The lowest BCUT2D eigenvalue weighted by Crippen LogP contribution is -2.46. The van der Waals surface area contributed by atoms with Crippen LogP contribution in [0.5, 0.6) is 0 Å². The number of nitrogens with zero attached hydrogens (tertiary/aromatic N) is 1. The zero-order valence-corrected chi connectivity index (χ0v) is 15.6. The number of rotatable bonds is 5. The van der Waals surface area contributed by atoms with Crippen LogP contribution in [0.4, 0.5) is 4.39 Å². The number of ether oxygens (including phenoxy) is 1. The van der Waals surface area contributed by atoms with Crippen molar-refractivity contribution in [3.05, 3.63) is 34.1 Å². The molecular formula is C16H20BrFN2O4. The molecule has 1 N–H and O–H groups in total. The third-order valence-corrected chi connectivity index (χ3v) is 3.49. The summed E-state index contributed by atoms with van der Waals surface area (Å²) in [5.41, 5.74) is -0.423. The first-order chi connectivity index (χ1) is 11.0. The molecule has 0 unspecified atom stereocenters. The van der Waals surface area contributed by atoms with Gasteiger partial charge in [0.25, 0.3) is 5.91 Å². The topological polar surface area (TPSA) is 75.7 Å². The van der Waals surface area contributed by atoms with Gasteiger partial charge in [-0.2, -0.15) is 0 Å². The van der Waals surface area contributed by atoms with Gasteiger partial charge in [-0.05, 0) is 54.9 Å². The highest BCUT2D eigenvalue weighted by atomic mass is 79.9. The van der Waals surface area contributed by atoms with Gasteiger partial charge in [-0.25, -0.2) is 9.18 Å². The predicted octanol–water partition coefficient (Wildman–Crippen LogP) is 2.12. The van der Waals surface area contributed by atoms with Crippen LogP contribution in [0.3, 0.4) is 0 Å². The summed E-state index contributed by atoms with van der Waals surface area (Å²) in [7, 11) is 1.43. The van der Waals surface area contributed by atoms with Crippen LogP contribution < -0.4 is 5.32 Å². The van der Waals surface area contributed by atoms with E-state index in [1.54, 1.807) is 0 Å². The van der Waals surface area contributed by atoms with E-state index in [-0.39, 0.29) is 18.0 Å². The second-order valence-electron chi connectivity index (χ2n) is 6.25. The quantitative estimate of drug-likeness (QED) is 0.765. The molecule has 0 aliphatic carbocycles. The van der Waals surface area contributed by atoms with E-state index in [9.17, 15) is 18.8 Å². The van der Waals surface area contributed by atoms with Gasteiger partial charge in [-0.3, -0.25) is 9.59 Å². The van der Waals surface area contributed by atoms with Gasteiger partial charge in [0.1, 0.15) is 5.82 Å². The Balaban J connectivity index is 2.54. The summed E-state index contributed by atoms with van der Waals surface area (Å²) in [6, 6.07) is 3.57. The van der Waals surface area contributed by atoms with Crippen molar-refractivity contribution in [2.45, 2.75) is 26.3 Å². The summed E-state index contributed by atoms with van der Waals surface area (Å²) < 4.78 is 18.4. The van der Waals surface area contributed by atoms with Gasteiger partial charge in [0.15, 0.2) is 6.61 Å². The van der Waals surface area contributed by atoms with E-state index in [1.807, 2.05) is 20.8 Å². The highest BCUT2D eigenvalue weighted by Crippen LogP contribution is 2.18. The molecule has 2 amide bonds. The van der Waals surface area contributed by atoms with Crippen LogP contribution in [0.1, 0.15) is 31.1 Å². The van der Waals surface area contributed by atoms with Crippen LogP contribution in [0.15, 0.2) is 22.7 Å². The fourth-order valence-corrected chi connectivity index (χ4v) is 2.14. The summed E-state index contributed by atoms with van der Waals surface area (Å²) in [6.45, 7) is 4.78. The maximum atomic E-state index is 13.2. The monoisotopic (exact) mass is 402 g/mol. The van der Waals surface area contributed by atoms with Crippen LogP contribution in [0, 0.1) is 5.82 Å². The highest BCUT2D eigenvalue weighted by molar-refractivity contribution is 9.10. The minimum absolute atomic E-state index is 0.0177. The van der Waals surface area contributed by atoms with Crippen LogP contribution in [-0.2, 0) is 14.3 Å². The minimum atomic E-state index is -0.831. The minimum Gasteiger partial charge on any atom is -0.452 e. The average Bonchev–Trinajstić information content (AvgIpc) is 2.44. The molecule has 0 aliphatic heterocycles. The first-order valence-corrected chi connectivity index (χ1v) is 7.96. The number of halogens is 2. The number of carbonyl (C=O) groups is 3. The van der Waals surface area contributed by atoms with Crippen molar-refractivity contribution in [2.75, 3.05) is 20.2 Å². The molecule has 8 heteroatoms. The molecule has 0 bridgehead atoms. The lowest BCUT2D eigenvalue weighted by atomic mass is 10.1. The molecule has 0 radical (unpaired) electrons. The summed E-state index contributed by atoms with van der Waals surface area (Å²) in [5.74, 6) is -2.28. The van der Waals surface area contributed by atoms with E-state index in [4.69, 9.17) is 4.74 Å². The van der Waals surface area contributed by atoms with Crippen LogP contribution in [-0.4, -0.2) is 48.4 Å². The largest absolute Gasteiger partial charge is 0.452 e. The Labute approximate surface area is 148 Å². The molecule has 0 heterocycles. The van der Waals surface area contributed by atoms with Crippen LogP contribution >= 0.6 is 15.9 Å². The zero-order valence-electron chi connectivity index (χ0n) is 14.0. The first-order valence-electron chi connectivity index (χ1n) is 7.17. The van der Waals surface area contributed by atoms with Crippen molar-refractivity contribution in [2.24, 2.45) is 0 Å². The number of hydrogen-bond donors (Lipinski definition) is 1. The summed E-state index contributed by atoms with van der Waals surface area (Å²) >= 11 is 3.11. The molecule has 1 aromatic carbocycles. The number of carbonyl (C=O) groups excluding carboxylic acids is 3. The van der Waals surface area contributed by atoms with Gasteiger partial charge in [0, 0.05) is 17.1 Å². The van der Waals surface area contributed by atoms with Crippen molar-refractivity contribution in [1.82, 2.24) is 10.2 Å². The molecule has 0 aromatic heterocycles. The Hall–Kier alpha value is -1.96. The van der Waals surface area contributed by atoms with Gasteiger partial charge in [0.2, 0.25) is 5.91 Å². The lowest BCUT2D eigenvalue weighted by Gasteiger charge is -2.23. The molecule has 0 aliphatic rings. The van der Waals surface area contributed by atoms with Gasteiger partial charge >= 0.3 is 5.97 Å². The molecule has 0 saturated carbocycles. The molecule has 1 rings (SSSR count). The second-order valence-corrected chi connectivity index (χ2v) is 7.10. The lowest BCUT2D eigenvalue weighted by molar-refractivity contribution is -0.137. The maximum absolute atomic E-state index is 13.2. The normalized spacial score (nSPS) is 10.9. The first kappa shape index (κ1) is 20.1.